The highest BCUT2D eigenvalue weighted by molar-refractivity contribution is 6.15. The summed E-state index contributed by atoms with van der Waals surface area (Å²) in [4.78, 5) is 146. The average Bonchev–Trinajstić information content (AvgIpc) is 4.06. The van der Waals surface area contributed by atoms with E-state index in [1.807, 2.05) is 6.92 Å². The number of halogens is 1. The number of nitrogens with one attached hydrogen (secondary N) is 7. The molecule has 1 aliphatic carbocycles. The van der Waals surface area contributed by atoms with Crippen molar-refractivity contribution >= 4 is 70.1 Å². The molecule has 8 rings (SSSR count). The number of carboxylic acid groups (broad SMARTS) is 1. The fraction of sp³-hybridized carbons (Fsp3) is 0.385. The zero-order valence-electron chi connectivity index (χ0n) is 42.0. The minimum atomic E-state index is -1.50. The van der Waals surface area contributed by atoms with Crippen molar-refractivity contribution in [2.24, 2.45) is 0 Å². The molecule has 4 aromatic rings. The normalized spacial score (nSPS) is 17.0. The van der Waals surface area contributed by atoms with E-state index >= 15 is 4.39 Å². The van der Waals surface area contributed by atoms with Crippen LogP contribution in [-0.4, -0.2) is 136 Å². The van der Waals surface area contributed by atoms with Crippen molar-refractivity contribution in [2.45, 2.75) is 89.8 Å². The lowest BCUT2D eigenvalue weighted by atomic mass is 9.81. The van der Waals surface area contributed by atoms with Gasteiger partial charge >= 0.3 is 11.9 Å². The van der Waals surface area contributed by atoms with Crippen LogP contribution in [0.1, 0.15) is 77.6 Å². The van der Waals surface area contributed by atoms with Crippen molar-refractivity contribution in [3.05, 3.63) is 110 Å². The maximum absolute atomic E-state index is 15.4. The van der Waals surface area contributed by atoms with Gasteiger partial charge in [0, 0.05) is 42.1 Å². The number of rotatable bonds is 22. The number of esters is 1. The molecule has 77 heavy (non-hydrogen) atoms. The molecule has 5 heterocycles. The molecule has 2 aromatic carbocycles. The summed E-state index contributed by atoms with van der Waals surface area (Å²) < 4.78 is 28.0. The van der Waals surface area contributed by atoms with Crippen molar-refractivity contribution < 1.29 is 66.9 Å². The SMILES string of the molecule is CC[C@H]1C(=O)OCc2c1cc1n(c2=O)Cc2c-1nc1cc(F)c(C)c3c1c2[C@H](NC(=O)[C@H](C)OCNC(=O)CNC(=O)[C@H](Cc1ccccc1)NC(=O)CNC(=O)CNC(=O)[C@@H](CNCC(=O)O)N1C(=O)C=CC1=O)CC3. The van der Waals surface area contributed by atoms with Crippen LogP contribution < -0.4 is 42.8 Å². The lowest BCUT2D eigenvalue weighted by Gasteiger charge is -2.30. The molecule has 0 saturated heterocycles. The van der Waals surface area contributed by atoms with Crippen molar-refractivity contribution in [3.8, 4) is 11.4 Å². The Kier molecular flexibility index (Phi) is 16.6. The molecule has 5 atom stereocenters. The topological polar surface area (TPSA) is 332 Å². The molecule has 0 radical (unpaired) electrons. The van der Waals surface area contributed by atoms with Crippen LogP contribution in [0, 0.1) is 12.7 Å². The molecular weight excluding hydrogens is 1010 g/mol. The van der Waals surface area contributed by atoms with Crippen molar-refractivity contribution in [3.63, 3.8) is 0 Å². The Bertz CT molecular complexity index is 3200. The number of aromatic nitrogens is 2. The molecule has 25 heteroatoms. The Morgan fingerprint density at radius 1 is 0.857 bits per heavy atom. The molecule has 0 unspecified atom stereocenters. The van der Waals surface area contributed by atoms with E-state index in [0.29, 0.717) is 79.8 Å². The van der Waals surface area contributed by atoms with Gasteiger partial charge in [-0.15, -0.1) is 0 Å². The number of pyridine rings is 2. The highest BCUT2D eigenvalue weighted by Gasteiger charge is 2.39. The van der Waals surface area contributed by atoms with Crippen LogP contribution in [0.2, 0.25) is 0 Å². The van der Waals surface area contributed by atoms with Crippen LogP contribution in [-0.2, 0) is 83.4 Å². The monoisotopic (exact) mass is 1060 g/mol. The van der Waals surface area contributed by atoms with Gasteiger partial charge in [0.1, 0.15) is 37.3 Å². The predicted octanol–water partition coefficient (Wildman–Crippen LogP) is -0.951. The van der Waals surface area contributed by atoms with E-state index in [2.05, 4.69) is 37.2 Å². The lowest BCUT2D eigenvalue weighted by molar-refractivity contribution is -0.148. The van der Waals surface area contributed by atoms with Crippen LogP contribution in [0.4, 0.5) is 4.39 Å². The summed E-state index contributed by atoms with van der Waals surface area (Å²) in [6.07, 6.45) is 1.94. The summed E-state index contributed by atoms with van der Waals surface area (Å²) in [6, 6.07) is 8.36. The summed E-state index contributed by atoms with van der Waals surface area (Å²) in [5, 5.41) is 27.1. The Labute approximate surface area is 437 Å². The second-order valence-electron chi connectivity index (χ2n) is 18.7. The molecule has 0 bridgehead atoms. The van der Waals surface area contributed by atoms with Gasteiger partial charge in [-0.25, -0.2) is 9.37 Å². The first-order valence-corrected chi connectivity index (χ1v) is 24.7. The maximum atomic E-state index is 15.4. The number of aliphatic carboxylic acids is 1. The first kappa shape index (κ1) is 54.5. The van der Waals surface area contributed by atoms with Crippen LogP contribution in [0.25, 0.3) is 22.3 Å². The predicted molar refractivity (Wildman–Crippen MR) is 267 cm³/mol. The van der Waals surface area contributed by atoms with Gasteiger partial charge in [-0.05, 0) is 67.0 Å². The number of carboxylic acids is 1. The van der Waals surface area contributed by atoms with Gasteiger partial charge in [0.15, 0.2) is 0 Å². The van der Waals surface area contributed by atoms with Gasteiger partial charge < -0.3 is 56.4 Å². The number of ether oxygens (including phenoxy) is 2. The quantitative estimate of drug-likeness (QED) is 0.0235. The molecule has 0 spiro atoms. The van der Waals surface area contributed by atoms with E-state index in [1.165, 1.54) is 13.0 Å². The highest BCUT2D eigenvalue weighted by Crippen LogP contribution is 2.45. The molecule has 8 N–H and O–H groups in total. The Morgan fingerprint density at radius 2 is 1.55 bits per heavy atom. The maximum Gasteiger partial charge on any atom is 0.317 e. The first-order valence-electron chi connectivity index (χ1n) is 24.7. The second kappa shape index (κ2) is 23.5. The number of benzene rings is 2. The minimum Gasteiger partial charge on any atom is -0.480 e. The number of carbonyl (C=O) groups is 10. The number of carbonyl (C=O) groups excluding carboxylic acids is 9. The number of nitrogens with zero attached hydrogens (tertiary/aromatic N) is 3. The largest absolute Gasteiger partial charge is 0.480 e. The fourth-order valence-corrected chi connectivity index (χ4v) is 9.85. The van der Waals surface area contributed by atoms with Gasteiger partial charge in [0.2, 0.25) is 35.4 Å². The van der Waals surface area contributed by atoms with E-state index in [4.69, 9.17) is 19.6 Å². The molecular formula is C52H55FN10O14. The third-order valence-electron chi connectivity index (χ3n) is 13.8. The third kappa shape index (κ3) is 11.9. The molecule has 4 aliphatic rings. The molecule has 404 valence electrons. The van der Waals surface area contributed by atoms with Crippen LogP contribution in [0.15, 0.2) is 59.4 Å². The van der Waals surface area contributed by atoms with E-state index in [-0.39, 0.29) is 25.1 Å². The summed E-state index contributed by atoms with van der Waals surface area (Å²) in [5.74, 6) is -9.06. The summed E-state index contributed by atoms with van der Waals surface area (Å²) >= 11 is 0. The van der Waals surface area contributed by atoms with Crippen molar-refractivity contribution in [1.82, 2.24) is 51.7 Å². The zero-order chi connectivity index (χ0) is 55.2. The van der Waals surface area contributed by atoms with Crippen molar-refractivity contribution in [1.29, 1.82) is 0 Å². The Morgan fingerprint density at radius 3 is 2.25 bits per heavy atom. The molecule has 2 aromatic heterocycles. The Balaban J connectivity index is 0.842. The van der Waals surface area contributed by atoms with E-state index in [1.54, 1.807) is 47.9 Å². The van der Waals surface area contributed by atoms with Gasteiger partial charge in [-0.2, -0.15) is 0 Å². The van der Waals surface area contributed by atoms with Gasteiger partial charge in [0.05, 0.1) is 67.2 Å². The summed E-state index contributed by atoms with van der Waals surface area (Å²) in [7, 11) is 0. The second-order valence-corrected chi connectivity index (χ2v) is 18.7. The molecule has 3 aliphatic heterocycles. The Hall–Kier alpha value is -8.71. The zero-order valence-corrected chi connectivity index (χ0v) is 42.0. The fourth-order valence-electron chi connectivity index (χ4n) is 9.85. The highest BCUT2D eigenvalue weighted by atomic mass is 19.1. The van der Waals surface area contributed by atoms with E-state index in [0.717, 1.165) is 17.7 Å². The number of aryl methyl sites for hydroxylation is 1. The van der Waals surface area contributed by atoms with E-state index in [9.17, 15) is 52.7 Å². The number of amides is 8. The summed E-state index contributed by atoms with van der Waals surface area (Å²) in [5.41, 5.74) is 5.13. The molecule has 0 saturated carbocycles. The number of hydrogen-bond donors (Lipinski definition) is 8. The average molecular weight is 1060 g/mol. The number of hydrogen-bond acceptors (Lipinski definition) is 15. The summed E-state index contributed by atoms with van der Waals surface area (Å²) in [6.45, 7) is 1.55. The minimum absolute atomic E-state index is 0.0267. The van der Waals surface area contributed by atoms with Crippen molar-refractivity contribution in [2.75, 3.05) is 39.5 Å². The molecule has 8 amide bonds. The standard InChI is InChI=1S/C52H55FN10O14/c1-4-28-30-15-37-47-31(22-62(37)51(74)32(30)23-76-52(28)75)46-34(11-10-29-25(2)33(53)16-35(60-47)45(29)46)61-48(71)26(3)77-24-58-40(65)19-56-49(72)36(14-27-8-6-5-7-9-27)59-41(66)20-55-39(64)18-57-50(73)38(17-54-21-44(69)70)63-42(67)12-13-43(63)68/h5-9,12-13,15-16,26,28,34,36,38,54H,4,10-11,14,17-24H2,1-3H3,(H,55,64)(H,56,72)(H,57,73)(H,58,65)(H,59,66)(H,61,71)(H,69,70)/t26-,28+,34+,36-,38+/m0/s1. The number of fused-ring (bicyclic) bond motifs is 5. The smallest absolute Gasteiger partial charge is 0.317 e. The van der Waals surface area contributed by atoms with E-state index < -0.39 is 135 Å². The third-order valence-corrected chi connectivity index (χ3v) is 13.8. The lowest BCUT2D eigenvalue weighted by Crippen LogP contribution is -2.56. The molecule has 24 nitrogen and oxygen atoms in total. The number of cyclic esters (lactones) is 1. The van der Waals surface area contributed by atoms with Gasteiger partial charge in [-0.3, -0.25) is 57.6 Å². The number of imide groups is 1. The van der Waals surface area contributed by atoms with Gasteiger partial charge in [-0.1, -0.05) is 37.3 Å². The van der Waals surface area contributed by atoms with Crippen LogP contribution in [0.5, 0.6) is 0 Å². The molecule has 0 fully saturated rings. The van der Waals surface area contributed by atoms with Crippen LogP contribution >= 0.6 is 0 Å². The first-order chi connectivity index (χ1) is 36.8. The van der Waals surface area contributed by atoms with Crippen LogP contribution in [0.3, 0.4) is 0 Å². The van der Waals surface area contributed by atoms with Gasteiger partial charge in [0.25, 0.3) is 17.4 Å².